The molecule has 8 heteroatoms. The molecule has 8 nitrogen and oxygen atoms in total. The second-order valence-corrected chi connectivity index (χ2v) is 5.49. The van der Waals surface area contributed by atoms with Gasteiger partial charge in [-0.3, -0.25) is 24.4 Å². The minimum atomic E-state index is -0.522. The van der Waals surface area contributed by atoms with Crippen LogP contribution >= 0.6 is 0 Å². The summed E-state index contributed by atoms with van der Waals surface area (Å²) in [5, 5.41) is 18.0. The van der Waals surface area contributed by atoms with Crippen molar-refractivity contribution in [1.29, 1.82) is 0 Å². The number of nitrogens with zero attached hydrogens (tertiary/aromatic N) is 3. The molecule has 25 heavy (non-hydrogen) atoms. The zero-order chi connectivity index (χ0) is 18.0. The summed E-state index contributed by atoms with van der Waals surface area (Å²) in [5.41, 5.74) is 1.29. The monoisotopic (exact) mass is 338 g/mol. The Hall–Kier alpha value is -3.55. The van der Waals surface area contributed by atoms with Crippen LogP contribution in [0.15, 0.2) is 53.5 Å². The van der Waals surface area contributed by atoms with E-state index in [2.05, 4.69) is 10.4 Å². The summed E-state index contributed by atoms with van der Waals surface area (Å²) in [6.45, 7) is 1.62. The van der Waals surface area contributed by atoms with Crippen molar-refractivity contribution in [3.8, 4) is 0 Å². The van der Waals surface area contributed by atoms with E-state index >= 15 is 0 Å². The van der Waals surface area contributed by atoms with Gasteiger partial charge in [0, 0.05) is 17.5 Å². The zero-order valence-corrected chi connectivity index (χ0v) is 13.3. The number of nitro groups is 1. The van der Waals surface area contributed by atoms with Gasteiger partial charge in [-0.1, -0.05) is 18.2 Å². The highest BCUT2D eigenvalue weighted by Crippen LogP contribution is 2.21. The maximum absolute atomic E-state index is 12.3. The van der Waals surface area contributed by atoms with Crippen LogP contribution in [-0.2, 0) is 11.3 Å². The van der Waals surface area contributed by atoms with Crippen molar-refractivity contribution in [3.63, 3.8) is 0 Å². The van der Waals surface area contributed by atoms with Crippen LogP contribution in [0.2, 0.25) is 0 Å². The first-order valence-electron chi connectivity index (χ1n) is 7.45. The third-order valence-electron chi connectivity index (χ3n) is 3.76. The Balaban J connectivity index is 1.87. The second kappa shape index (κ2) is 6.52. The SMILES string of the molecule is Cc1ccc([N+](=O)[O-])cc1NC(=O)Cn1ncc(=O)c2ccccc21. The van der Waals surface area contributed by atoms with Gasteiger partial charge in [0.1, 0.15) is 6.54 Å². The fraction of sp³-hybridized carbons (Fsp3) is 0.118. The van der Waals surface area contributed by atoms with Crippen molar-refractivity contribution in [2.75, 3.05) is 5.32 Å². The summed E-state index contributed by atoms with van der Waals surface area (Å²) in [5.74, 6) is -0.398. The Kier molecular flexibility index (Phi) is 4.25. The van der Waals surface area contributed by atoms with E-state index in [1.54, 1.807) is 37.3 Å². The molecule has 1 amide bonds. The van der Waals surface area contributed by atoms with Crippen molar-refractivity contribution >= 4 is 28.2 Å². The number of carbonyl (C=O) groups excluding carboxylic acids is 1. The number of aryl methyl sites for hydroxylation is 1. The fourth-order valence-corrected chi connectivity index (χ4v) is 2.47. The lowest BCUT2D eigenvalue weighted by Gasteiger charge is -2.11. The van der Waals surface area contributed by atoms with E-state index in [-0.39, 0.29) is 17.7 Å². The lowest BCUT2D eigenvalue weighted by molar-refractivity contribution is -0.384. The molecule has 2 aromatic carbocycles. The van der Waals surface area contributed by atoms with Gasteiger partial charge in [-0.15, -0.1) is 0 Å². The predicted octanol–water partition coefficient (Wildman–Crippen LogP) is 2.25. The summed E-state index contributed by atoms with van der Waals surface area (Å²) in [7, 11) is 0. The van der Waals surface area contributed by atoms with E-state index in [1.807, 2.05) is 0 Å². The Morgan fingerprint density at radius 2 is 2.04 bits per heavy atom. The molecule has 0 aliphatic carbocycles. The van der Waals surface area contributed by atoms with Gasteiger partial charge >= 0.3 is 0 Å². The van der Waals surface area contributed by atoms with Gasteiger partial charge in [0.05, 0.1) is 22.3 Å². The van der Waals surface area contributed by atoms with Crippen LogP contribution in [0.3, 0.4) is 0 Å². The Morgan fingerprint density at radius 3 is 2.80 bits per heavy atom. The smallest absolute Gasteiger partial charge is 0.271 e. The van der Waals surface area contributed by atoms with Crippen LogP contribution in [0.4, 0.5) is 11.4 Å². The predicted molar refractivity (Wildman–Crippen MR) is 92.5 cm³/mol. The number of hydrogen-bond acceptors (Lipinski definition) is 5. The molecule has 3 aromatic rings. The minimum absolute atomic E-state index is 0.104. The molecule has 0 aliphatic heterocycles. The Bertz CT molecular complexity index is 1040. The largest absolute Gasteiger partial charge is 0.324 e. The first kappa shape index (κ1) is 16.3. The number of hydrogen-bond donors (Lipinski definition) is 1. The molecule has 0 saturated carbocycles. The van der Waals surface area contributed by atoms with Crippen LogP contribution in [-0.4, -0.2) is 20.6 Å². The second-order valence-electron chi connectivity index (χ2n) is 5.49. The third-order valence-corrected chi connectivity index (χ3v) is 3.76. The van der Waals surface area contributed by atoms with Crippen molar-refractivity contribution in [2.45, 2.75) is 13.5 Å². The average molecular weight is 338 g/mol. The van der Waals surface area contributed by atoms with E-state index in [0.29, 0.717) is 22.2 Å². The number of aromatic nitrogens is 2. The van der Waals surface area contributed by atoms with E-state index < -0.39 is 10.8 Å². The zero-order valence-electron chi connectivity index (χ0n) is 13.3. The first-order chi connectivity index (χ1) is 12.0. The van der Waals surface area contributed by atoms with Crippen LogP contribution < -0.4 is 10.7 Å². The summed E-state index contributed by atoms with van der Waals surface area (Å²) >= 11 is 0. The van der Waals surface area contributed by atoms with E-state index in [4.69, 9.17) is 0 Å². The standard InChI is InChI=1S/C17H14N4O4/c1-11-6-7-12(21(24)25)8-14(11)19-17(23)10-20-15-5-3-2-4-13(15)16(22)9-18-20/h2-9H,10H2,1H3,(H,19,23). The topological polar surface area (TPSA) is 107 Å². The van der Waals surface area contributed by atoms with E-state index in [9.17, 15) is 19.7 Å². The number of non-ortho nitro benzene ring substituents is 1. The lowest BCUT2D eigenvalue weighted by atomic mass is 10.2. The molecule has 0 atom stereocenters. The number of carbonyl (C=O) groups is 1. The Morgan fingerprint density at radius 1 is 1.28 bits per heavy atom. The molecule has 0 fully saturated rings. The molecule has 0 aliphatic rings. The lowest BCUT2D eigenvalue weighted by Crippen LogP contribution is -2.22. The fourth-order valence-electron chi connectivity index (χ4n) is 2.47. The molecule has 0 spiro atoms. The number of fused-ring (bicyclic) bond motifs is 1. The number of anilines is 1. The van der Waals surface area contributed by atoms with Gasteiger partial charge < -0.3 is 5.32 Å². The van der Waals surface area contributed by atoms with E-state index in [1.165, 1.54) is 16.8 Å². The molecule has 0 bridgehead atoms. The molecular weight excluding hydrogens is 324 g/mol. The van der Waals surface area contributed by atoms with Crippen molar-refractivity contribution < 1.29 is 9.72 Å². The number of benzene rings is 2. The number of rotatable bonds is 4. The molecule has 126 valence electrons. The van der Waals surface area contributed by atoms with Crippen molar-refractivity contribution in [3.05, 3.63) is 74.6 Å². The molecule has 1 N–H and O–H groups in total. The molecule has 1 aromatic heterocycles. The maximum Gasteiger partial charge on any atom is 0.271 e. The normalized spacial score (nSPS) is 10.6. The van der Waals surface area contributed by atoms with Crippen molar-refractivity contribution in [1.82, 2.24) is 9.78 Å². The molecular formula is C17H14N4O4. The quantitative estimate of drug-likeness (QED) is 0.580. The highest BCUT2D eigenvalue weighted by molar-refractivity contribution is 5.92. The van der Waals surface area contributed by atoms with Crippen molar-refractivity contribution in [2.24, 2.45) is 0 Å². The van der Waals surface area contributed by atoms with Gasteiger partial charge in [-0.2, -0.15) is 5.10 Å². The maximum atomic E-state index is 12.3. The number of para-hydroxylation sites is 1. The van der Waals surface area contributed by atoms with Gasteiger partial charge in [0.15, 0.2) is 0 Å². The van der Waals surface area contributed by atoms with Gasteiger partial charge in [0.25, 0.3) is 5.69 Å². The number of amides is 1. The summed E-state index contributed by atoms with van der Waals surface area (Å²) in [6, 6.07) is 11.1. The van der Waals surface area contributed by atoms with Crippen LogP contribution in [0.1, 0.15) is 5.56 Å². The van der Waals surface area contributed by atoms with E-state index in [0.717, 1.165) is 6.20 Å². The molecule has 3 rings (SSSR count). The summed E-state index contributed by atoms with van der Waals surface area (Å²) < 4.78 is 1.42. The number of nitro benzene ring substituents is 1. The van der Waals surface area contributed by atoms with Crippen LogP contribution in [0.25, 0.3) is 10.9 Å². The first-order valence-corrected chi connectivity index (χ1v) is 7.45. The van der Waals surface area contributed by atoms with Crippen LogP contribution in [0.5, 0.6) is 0 Å². The van der Waals surface area contributed by atoms with Gasteiger partial charge in [-0.05, 0) is 24.6 Å². The minimum Gasteiger partial charge on any atom is -0.324 e. The molecule has 1 heterocycles. The highest BCUT2D eigenvalue weighted by Gasteiger charge is 2.12. The molecule has 0 saturated heterocycles. The Labute approximate surface area is 141 Å². The summed E-state index contributed by atoms with van der Waals surface area (Å²) in [4.78, 5) is 34.5. The summed E-state index contributed by atoms with van der Waals surface area (Å²) in [6.07, 6.45) is 1.16. The van der Waals surface area contributed by atoms with Gasteiger partial charge in [-0.25, -0.2) is 0 Å². The molecule has 0 radical (unpaired) electrons. The molecule has 0 unspecified atom stereocenters. The third kappa shape index (κ3) is 3.37. The highest BCUT2D eigenvalue weighted by atomic mass is 16.6. The average Bonchev–Trinajstić information content (AvgIpc) is 2.59. The van der Waals surface area contributed by atoms with Gasteiger partial charge in [0.2, 0.25) is 11.3 Å². The van der Waals surface area contributed by atoms with Crippen LogP contribution in [0, 0.1) is 17.0 Å². The number of nitrogens with one attached hydrogen (secondary N) is 1.